The monoisotopic (exact) mass is 426 g/mol. The first-order valence-electron chi connectivity index (χ1n) is 11.2. The maximum Gasteiger partial charge on any atom is 0.279 e. The highest BCUT2D eigenvalue weighted by atomic mass is 16.2. The Morgan fingerprint density at radius 2 is 1.81 bits per heavy atom. The first kappa shape index (κ1) is 20.2. The standard InChI is InChI=1S/C26H26N4O2/c31-25(28-18-19-8-7-15-27-17-19)20-13-14-24-23(16-20)26(32)30(22-11-5-2-6-12-22)29(24)21-9-3-1-4-10-21/h2,5-8,11-17,21H,1,3-4,9-10,18H2,(H,28,31). The van der Waals surface area contributed by atoms with E-state index >= 15 is 0 Å². The summed E-state index contributed by atoms with van der Waals surface area (Å²) in [5, 5.41) is 3.50. The van der Waals surface area contributed by atoms with Gasteiger partial charge in [-0.3, -0.25) is 19.3 Å². The Balaban J connectivity index is 1.55. The highest BCUT2D eigenvalue weighted by Gasteiger charge is 2.24. The van der Waals surface area contributed by atoms with Crippen LogP contribution in [0.3, 0.4) is 0 Å². The molecule has 5 rings (SSSR count). The lowest BCUT2D eigenvalue weighted by atomic mass is 9.95. The van der Waals surface area contributed by atoms with E-state index in [0.29, 0.717) is 17.5 Å². The van der Waals surface area contributed by atoms with Crippen molar-refractivity contribution in [2.45, 2.75) is 44.7 Å². The summed E-state index contributed by atoms with van der Waals surface area (Å²) < 4.78 is 3.95. The predicted molar refractivity (Wildman–Crippen MR) is 125 cm³/mol. The predicted octanol–water partition coefficient (Wildman–Crippen LogP) is 4.62. The molecule has 0 aliphatic heterocycles. The number of nitrogens with zero attached hydrogens (tertiary/aromatic N) is 3. The molecule has 0 unspecified atom stereocenters. The molecule has 162 valence electrons. The van der Waals surface area contributed by atoms with Gasteiger partial charge in [0.15, 0.2) is 0 Å². The molecule has 2 aromatic heterocycles. The van der Waals surface area contributed by atoms with Gasteiger partial charge < -0.3 is 5.32 Å². The normalized spacial score (nSPS) is 14.5. The van der Waals surface area contributed by atoms with Crippen LogP contribution in [0.4, 0.5) is 0 Å². The lowest BCUT2D eigenvalue weighted by Gasteiger charge is -2.26. The number of aromatic nitrogens is 3. The number of carbonyl (C=O) groups is 1. The maximum absolute atomic E-state index is 13.5. The molecule has 2 aromatic carbocycles. The van der Waals surface area contributed by atoms with E-state index in [1.54, 1.807) is 23.1 Å². The van der Waals surface area contributed by atoms with Crippen LogP contribution >= 0.6 is 0 Å². The quantitative estimate of drug-likeness (QED) is 0.506. The van der Waals surface area contributed by atoms with Crippen molar-refractivity contribution < 1.29 is 4.79 Å². The largest absolute Gasteiger partial charge is 0.348 e. The summed E-state index contributed by atoms with van der Waals surface area (Å²) in [6, 6.07) is 19.3. The van der Waals surface area contributed by atoms with Crippen molar-refractivity contribution in [2.75, 3.05) is 0 Å². The van der Waals surface area contributed by atoms with Gasteiger partial charge in [-0.15, -0.1) is 0 Å². The molecule has 0 spiro atoms. The number of nitrogens with one attached hydrogen (secondary N) is 1. The van der Waals surface area contributed by atoms with Crippen LogP contribution in [0.1, 0.15) is 54.1 Å². The molecule has 4 aromatic rings. The molecule has 32 heavy (non-hydrogen) atoms. The van der Waals surface area contributed by atoms with Gasteiger partial charge in [0.2, 0.25) is 0 Å². The molecule has 1 amide bonds. The van der Waals surface area contributed by atoms with Crippen molar-refractivity contribution in [3.8, 4) is 5.69 Å². The first-order valence-corrected chi connectivity index (χ1v) is 11.2. The molecule has 2 heterocycles. The Hall–Kier alpha value is -3.67. The van der Waals surface area contributed by atoms with E-state index in [4.69, 9.17) is 0 Å². The summed E-state index contributed by atoms with van der Waals surface area (Å²) in [7, 11) is 0. The fourth-order valence-electron chi connectivity index (χ4n) is 4.65. The second-order valence-electron chi connectivity index (χ2n) is 8.36. The third-order valence-electron chi connectivity index (χ3n) is 6.24. The van der Waals surface area contributed by atoms with Gasteiger partial charge in [-0.1, -0.05) is 43.5 Å². The Labute approximate surface area is 186 Å². The van der Waals surface area contributed by atoms with Gasteiger partial charge in [-0.2, -0.15) is 0 Å². The average molecular weight is 427 g/mol. The van der Waals surface area contributed by atoms with Gasteiger partial charge in [0.05, 0.1) is 22.6 Å². The average Bonchev–Trinajstić information content (AvgIpc) is 3.16. The summed E-state index contributed by atoms with van der Waals surface area (Å²) in [5.74, 6) is -0.202. The van der Waals surface area contributed by atoms with Crippen LogP contribution in [0.2, 0.25) is 0 Å². The van der Waals surface area contributed by atoms with Gasteiger partial charge in [-0.05, 0) is 54.8 Å². The smallest absolute Gasteiger partial charge is 0.279 e. The van der Waals surface area contributed by atoms with Crippen molar-refractivity contribution in [1.29, 1.82) is 0 Å². The molecule has 0 bridgehead atoms. The van der Waals surface area contributed by atoms with Crippen molar-refractivity contribution in [3.05, 3.63) is 94.5 Å². The molecule has 0 radical (unpaired) electrons. The van der Waals surface area contributed by atoms with E-state index < -0.39 is 0 Å². The molecule has 0 atom stereocenters. The zero-order valence-corrected chi connectivity index (χ0v) is 17.9. The van der Waals surface area contributed by atoms with Crippen LogP contribution in [-0.4, -0.2) is 20.3 Å². The third kappa shape index (κ3) is 3.84. The van der Waals surface area contributed by atoms with E-state index in [1.165, 1.54) is 19.3 Å². The second kappa shape index (κ2) is 8.83. The topological polar surface area (TPSA) is 68.9 Å². The maximum atomic E-state index is 13.5. The lowest BCUT2D eigenvalue weighted by Crippen LogP contribution is -2.25. The van der Waals surface area contributed by atoms with E-state index in [0.717, 1.165) is 29.6 Å². The van der Waals surface area contributed by atoms with E-state index in [1.807, 2.05) is 54.6 Å². The molecular formula is C26H26N4O2. The van der Waals surface area contributed by atoms with E-state index in [9.17, 15) is 9.59 Å². The summed E-state index contributed by atoms with van der Waals surface area (Å²) in [4.78, 5) is 30.4. The first-order chi connectivity index (χ1) is 15.7. The summed E-state index contributed by atoms with van der Waals surface area (Å²) in [6.45, 7) is 0.391. The number of hydrogen-bond donors (Lipinski definition) is 1. The second-order valence-corrected chi connectivity index (χ2v) is 8.36. The van der Waals surface area contributed by atoms with Crippen LogP contribution in [0, 0.1) is 0 Å². The SMILES string of the molecule is O=C(NCc1cccnc1)c1ccc2c(c1)c(=O)n(-c1ccccc1)n2C1CCCCC1. The fraction of sp³-hybridized carbons (Fsp3) is 0.269. The zero-order valence-electron chi connectivity index (χ0n) is 17.9. The number of carbonyl (C=O) groups excluding carboxylic acids is 1. The fourth-order valence-corrected chi connectivity index (χ4v) is 4.65. The van der Waals surface area contributed by atoms with Gasteiger partial charge in [-0.25, -0.2) is 4.68 Å². The lowest BCUT2D eigenvalue weighted by molar-refractivity contribution is 0.0951. The van der Waals surface area contributed by atoms with Gasteiger partial charge >= 0.3 is 0 Å². The van der Waals surface area contributed by atoms with Crippen LogP contribution in [0.25, 0.3) is 16.6 Å². The molecule has 1 aliphatic rings. The molecule has 1 N–H and O–H groups in total. The van der Waals surface area contributed by atoms with Crippen LogP contribution in [0.15, 0.2) is 77.9 Å². The molecule has 0 saturated heterocycles. The summed E-state index contributed by atoms with van der Waals surface area (Å²) in [5.41, 5.74) is 3.06. The van der Waals surface area contributed by atoms with Crippen LogP contribution < -0.4 is 10.9 Å². The van der Waals surface area contributed by atoms with Gasteiger partial charge in [0, 0.05) is 24.5 Å². The summed E-state index contributed by atoms with van der Waals surface area (Å²) in [6.07, 6.45) is 9.13. The number of fused-ring (bicyclic) bond motifs is 1. The number of rotatable bonds is 5. The molecule has 1 fully saturated rings. The zero-order chi connectivity index (χ0) is 21.9. The molecule has 6 nitrogen and oxygen atoms in total. The minimum atomic E-state index is -0.202. The number of benzene rings is 2. The number of hydrogen-bond acceptors (Lipinski definition) is 3. The molecule has 6 heteroatoms. The van der Waals surface area contributed by atoms with Gasteiger partial charge in [0.25, 0.3) is 11.5 Å². The highest BCUT2D eigenvalue weighted by molar-refractivity contribution is 5.98. The number of pyridine rings is 1. The number of para-hydroxylation sites is 1. The molecule has 1 aliphatic carbocycles. The van der Waals surface area contributed by atoms with Crippen LogP contribution in [-0.2, 0) is 6.54 Å². The third-order valence-corrected chi connectivity index (χ3v) is 6.24. The van der Waals surface area contributed by atoms with Crippen molar-refractivity contribution in [2.24, 2.45) is 0 Å². The number of amides is 1. The van der Waals surface area contributed by atoms with E-state index in [-0.39, 0.29) is 17.5 Å². The highest BCUT2D eigenvalue weighted by Crippen LogP contribution is 2.31. The van der Waals surface area contributed by atoms with Crippen molar-refractivity contribution in [3.63, 3.8) is 0 Å². The van der Waals surface area contributed by atoms with E-state index in [2.05, 4.69) is 15.0 Å². The Bertz CT molecular complexity index is 1290. The molecular weight excluding hydrogens is 400 g/mol. The van der Waals surface area contributed by atoms with Crippen molar-refractivity contribution >= 4 is 16.8 Å². The Morgan fingerprint density at radius 1 is 1.00 bits per heavy atom. The minimum Gasteiger partial charge on any atom is -0.348 e. The van der Waals surface area contributed by atoms with Crippen molar-refractivity contribution in [1.82, 2.24) is 19.7 Å². The minimum absolute atomic E-state index is 0.0846. The van der Waals surface area contributed by atoms with Gasteiger partial charge in [0.1, 0.15) is 0 Å². The Kier molecular flexibility index (Phi) is 5.58. The summed E-state index contributed by atoms with van der Waals surface area (Å²) >= 11 is 0. The van der Waals surface area contributed by atoms with Crippen LogP contribution in [0.5, 0.6) is 0 Å². The molecule has 1 saturated carbocycles. The Morgan fingerprint density at radius 3 is 2.56 bits per heavy atom.